The van der Waals surface area contributed by atoms with Crippen LogP contribution in [0.2, 0.25) is 0 Å². The Labute approximate surface area is 144 Å². The SMILES string of the molecule is CCN1[CH]N(Cc2ccc(-c3ccccc3)cc2)c2ccccc21. The van der Waals surface area contributed by atoms with E-state index < -0.39 is 0 Å². The third-order valence-corrected chi connectivity index (χ3v) is 4.53. The maximum atomic E-state index is 2.33. The fraction of sp³-hybridized carbons (Fsp3) is 0.136. The number of benzene rings is 3. The molecule has 0 aliphatic carbocycles. The number of fused-ring (bicyclic) bond motifs is 1. The molecule has 0 spiro atoms. The summed E-state index contributed by atoms with van der Waals surface area (Å²) in [4.78, 5) is 4.63. The molecule has 24 heavy (non-hydrogen) atoms. The van der Waals surface area contributed by atoms with Crippen molar-refractivity contribution < 1.29 is 0 Å². The molecular weight excluding hydrogens is 292 g/mol. The van der Waals surface area contributed by atoms with E-state index in [0.717, 1.165) is 13.1 Å². The summed E-state index contributed by atoms with van der Waals surface area (Å²) >= 11 is 0. The number of anilines is 2. The molecule has 0 saturated carbocycles. The number of nitrogens with zero attached hydrogens (tertiary/aromatic N) is 2. The zero-order valence-corrected chi connectivity index (χ0v) is 13.9. The first kappa shape index (κ1) is 14.8. The van der Waals surface area contributed by atoms with Crippen LogP contribution in [0.15, 0.2) is 78.9 Å². The molecule has 0 saturated heterocycles. The number of para-hydroxylation sites is 2. The number of hydrogen-bond acceptors (Lipinski definition) is 2. The average molecular weight is 313 g/mol. The lowest BCUT2D eigenvalue weighted by Crippen LogP contribution is -2.24. The molecule has 0 fully saturated rings. The minimum Gasteiger partial charge on any atom is -0.346 e. The van der Waals surface area contributed by atoms with E-state index in [1.807, 2.05) is 0 Å². The van der Waals surface area contributed by atoms with Gasteiger partial charge in [0, 0.05) is 13.1 Å². The van der Waals surface area contributed by atoms with E-state index in [2.05, 4.69) is 102 Å². The topological polar surface area (TPSA) is 6.48 Å². The second-order valence-electron chi connectivity index (χ2n) is 6.08. The Bertz CT molecular complexity index is 809. The summed E-state index contributed by atoms with van der Waals surface area (Å²) in [5, 5.41) is 0. The number of hydrogen-bond donors (Lipinski definition) is 0. The Morgan fingerprint density at radius 2 is 1.21 bits per heavy atom. The van der Waals surface area contributed by atoms with Gasteiger partial charge in [-0.2, -0.15) is 0 Å². The van der Waals surface area contributed by atoms with Crippen LogP contribution in [0.4, 0.5) is 11.4 Å². The summed E-state index contributed by atoms with van der Waals surface area (Å²) in [5.41, 5.74) is 6.42. The molecule has 3 aromatic carbocycles. The van der Waals surface area contributed by atoms with Crippen molar-refractivity contribution in [3.05, 3.63) is 91.1 Å². The molecule has 1 radical (unpaired) electrons. The van der Waals surface area contributed by atoms with Crippen LogP contribution in [-0.4, -0.2) is 6.54 Å². The molecule has 0 bridgehead atoms. The third kappa shape index (κ3) is 2.76. The molecule has 0 amide bonds. The van der Waals surface area contributed by atoms with Crippen molar-refractivity contribution in [2.24, 2.45) is 0 Å². The molecule has 0 N–H and O–H groups in total. The predicted octanol–water partition coefficient (Wildman–Crippen LogP) is 5.32. The Balaban J connectivity index is 1.54. The summed E-state index contributed by atoms with van der Waals surface area (Å²) in [6, 6.07) is 28.0. The summed E-state index contributed by atoms with van der Waals surface area (Å²) < 4.78 is 0. The summed E-state index contributed by atoms with van der Waals surface area (Å²) in [6.45, 7) is 6.28. The van der Waals surface area contributed by atoms with Gasteiger partial charge in [0.05, 0.1) is 11.4 Å². The fourth-order valence-corrected chi connectivity index (χ4v) is 3.25. The Kier molecular flexibility index (Phi) is 3.96. The van der Waals surface area contributed by atoms with Crippen LogP contribution in [0.5, 0.6) is 0 Å². The molecular formula is C22H21N2. The van der Waals surface area contributed by atoms with Crippen LogP contribution in [0.25, 0.3) is 11.1 Å². The van der Waals surface area contributed by atoms with Crippen LogP contribution in [0.1, 0.15) is 12.5 Å². The van der Waals surface area contributed by atoms with Gasteiger partial charge in [0.25, 0.3) is 0 Å². The van der Waals surface area contributed by atoms with E-state index in [-0.39, 0.29) is 0 Å². The van der Waals surface area contributed by atoms with Crippen molar-refractivity contribution in [3.63, 3.8) is 0 Å². The number of rotatable bonds is 4. The molecule has 3 aromatic rings. The Morgan fingerprint density at radius 3 is 1.88 bits per heavy atom. The van der Waals surface area contributed by atoms with Crippen molar-refractivity contribution >= 4 is 11.4 Å². The van der Waals surface area contributed by atoms with E-state index in [4.69, 9.17) is 0 Å². The third-order valence-electron chi connectivity index (χ3n) is 4.53. The van der Waals surface area contributed by atoms with E-state index in [9.17, 15) is 0 Å². The molecule has 2 nitrogen and oxygen atoms in total. The largest absolute Gasteiger partial charge is 0.346 e. The molecule has 0 unspecified atom stereocenters. The molecule has 1 heterocycles. The molecule has 119 valence electrons. The monoisotopic (exact) mass is 313 g/mol. The van der Waals surface area contributed by atoms with Crippen molar-refractivity contribution in [1.29, 1.82) is 0 Å². The first-order valence-electron chi connectivity index (χ1n) is 8.47. The minimum atomic E-state index is 0.891. The van der Waals surface area contributed by atoms with Crippen molar-refractivity contribution in [2.75, 3.05) is 16.3 Å². The lowest BCUT2D eigenvalue weighted by molar-refractivity contribution is 0.869. The first-order chi connectivity index (χ1) is 11.8. The summed E-state index contributed by atoms with van der Waals surface area (Å²) in [7, 11) is 0. The van der Waals surface area contributed by atoms with Crippen LogP contribution in [0.3, 0.4) is 0 Å². The maximum absolute atomic E-state index is 2.33. The van der Waals surface area contributed by atoms with Gasteiger partial charge in [0.15, 0.2) is 0 Å². The summed E-state index contributed by atoms with van der Waals surface area (Å²) in [5.74, 6) is 0. The van der Waals surface area contributed by atoms with Crippen LogP contribution >= 0.6 is 0 Å². The molecule has 1 aliphatic rings. The van der Waals surface area contributed by atoms with E-state index in [1.54, 1.807) is 0 Å². The van der Waals surface area contributed by atoms with Crippen LogP contribution in [0, 0.1) is 6.67 Å². The average Bonchev–Trinajstić information content (AvgIpc) is 3.01. The summed E-state index contributed by atoms with van der Waals surface area (Å²) in [6.07, 6.45) is 0. The van der Waals surface area contributed by atoms with Crippen molar-refractivity contribution in [3.8, 4) is 11.1 Å². The van der Waals surface area contributed by atoms with Gasteiger partial charge in [-0.25, -0.2) is 0 Å². The van der Waals surface area contributed by atoms with Gasteiger partial charge >= 0.3 is 0 Å². The van der Waals surface area contributed by atoms with E-state index >= 15 is 0 Å². The van der Waals surface area contributed by atoms with Gasteiger partial charge in [-0.3, -0.25) is 0 Å². The molecule has 1 aliphatic heterocycles. The molecule has 4 rings (SSSR count). The lowest BCUT2D eigenvalue weighted by atomic mass is 10.0. The predicted molar refractivity (Wildman–Crippen MR) is 102 cm³/mol. The second kappa shape index (κ2) is 6.40. The second-order valence-corrected chi connectivity index (χ2v) is 6.08. The van der Waals surface area contributed by atoms with E-state index in [1.165, 1.54) is 28.1 Å². The molecule has 0 atom stereocenters. The minimum absolute atomic E-state index is 0.891. The van der Waals surface area contributed by atoms with Crippen LogP contribution in [-0.2, 0) is 6.54 Å². The Hall–Kier alpha value is -2.74. The highest BCUT2D eigenvalue weighted by molar-refractivity contribution is 5.78. The smallest absolute Gasteiger partial charge is 0.142 e. The van der Waals surface area contributed by atoms with E-state index in [0.29, 0.717) is 0 Å². The highest BCUT2D eigenvalue weighted by Gasteiger charge is 2.24. The quantitative estimate of drug-likeness (QED) is 0.643. The van der Waals surface area contributed by atoms with Crippen LogP contribution < -0.4 is 9.80 Å². The fourth-order valence-electron chi connectivity index (χ4n) is 3.25. The Morgan fingerprint density at radius 1 is 0.625 bits per heavy atom. The zero-order chi connectivity index (χ0) is 16.4. The first-order valence-corrected chi connectivity index (χ1v) is 8.47. The lowest BCUT2D eigenvalue weighted by Gasteiger charge is -2.19. The highest BCUT2D eigenvalue weighted by Crippen LogP contribution is 2.38. The van der Waals surface area contributed by atoms with Gasteiger partial charge in [-0.15, -0.1) is 0 Å². The van der Waals surface area contributed by atoms with Gasteiger partial charge in [-0.05, 0) is 35.7 Å². The standard InChI is InChI=1S/C22H21N2/c1-2-23-17-24(22-11-7-6-10-21(22)23)16-18-12-14-20(15-13-18)19-8-4-3-5-9-19/h3-15,17H,2,16H2,1H3. The van der Waals surface area contributed by atoms with Gasteiger partial charge in [0.2, 0.25) is 0 Å². The van der Waals surface area contributed by atoms with Crippen molar-refractivity contribution in [1.82, 2.24) is 0 Å². The molecule has 0 aromatic heterocycles. The van der Waals surface area contributed by atoms with Gasteiger partial charge in [0.1, 0.15) is 6.67 Å². The van der Waals surface area contributed by atoms with Gasteiger partial charge < -0.3 is 9.80 Å². The maximum Gasteiger partial charge on any atom is 0.142 e. The zero-order valence-electron chi connectivity index (χ0n) is 13.9. The highest BCUT2D eigenvalue weighted by atomic mass is 15.4. The van der Waals surface area contributed by atoms with Crippen molar-refractivity contribution in [2.45, 2.75) is 13.5 Å². The van der Waals surface area contributed by atoms with Gasteiger partial charge in [-0.1, -0.05) is 66.7 Å². The normalized spacial score (nSPS) is 13.2. The molecule has 2 heteroatoms.